The molecule has 0 heterocycles. The number of benzene rings is 2. The number of hydrogen-bond donors (Lipinski definition) is 1. The van der Waals surface area contributed by atoms with Crippen molar-refractivity contribution in [1.82, 2.24) is 0 Å². The summed E-state index contributed by atoms with van der Waals surface area (Å²) in [7, 11) is 0. The molecule has 2 nitrogen and oxygen atoms in total. The fourth-order valence-corrected chi connectivity index (χ4v) is 2.27. The maximum absolute atomic E-state index is 13.8. The molecule has 2 N–H and O–H groups in total. The lowest BCUT2D eigenvalue weighted by Crippen LogP contribution is -2.15. The van der Waals surface area contributed by atoms with E-state index < -0.39 is 0 Å². The molecule has 0 radical (unpaired) electrons. The Bertz CT molecular complexity index is 588. The van der Waals surface area contributed by atoms with Gasteiger partial charge in [-0.15, -0.1) is 0 Å². The number of para-hydroxylation sites is 1. The molecule has 0 amide bonds. The van der Waals surface area contributed by atoms with Gasteiger partial charge in [-0.05, 0) is 37.1 Å². The Hall–Kier alpha value is -1.58. The first-order valence-corrected chi connectivity index (χ1v) is 6.91. The Morgan fingerprint density at radius 3 is 2.70 bits per heavy atom. The molecule has 1 unspecified atom stereocenters. The van der Waals surface area contributed by atoms with Gasteiger partial charge in [0.2, 0.25) is 0 Å². The van der Waals surface area contributed by atoms with Crippen LogP contribution in [0.5, 0.6) is 5.75 Å². The summed E-state index contributed by atoms with van der Waals surface area (Å²) in [4.78, 5) is 0. The van der Waals surface area contributed by atoms with Gasteiger partial charge in [0, 0.05) is 16.6 Å². The van der Waals surface area contributed by atoms with Crippen LogP contribution >= 0.6 is 11.6 Å². The molecule has 2 rings (SSSR count). The van der Waals surface area contributed by atoms with Gasteiger partial charge in [-0.25, -0.2) is 4.39 Å². The Morgan fingerprint density at radius 2 is 2.00 bits per heavy atom. The first-order chi connectivity index (χ1) is 9.61. The third kappa shape index (κ3) is 3.50. The molecule has 4 heteroatoms. The van der Waals surface area contributed by atoms with Gasteiger partial charge in [-0.3, -0.25) is 0 Å². The highest BCUT2D eigenvalue weighted by Crippen LogP contribution is 2.27. The molecule has 0 saturated carbocycles. The Kier molecular flexibility index (Phi) is 4.99. The number of nitrogens with two attached hydrogens (primary N) is 1. The summed E-state index contributed by atoms with van der Waals surface area (Å²) in [5, 5.41) is 0.384. The minimum Gasteiger partial charge on any atom is -0.494 e. The van der Waals surface area contributed by atoms with Crippen LogP contribution in [0.25, 0.3) is 0 Å². The highest BCUT2D eigenvalue weighted by Gasteiger charge is 2.14. The predicted molar refractivity (Wildman–Crippen MR) is 79.7 cm³/mol. The van der Waals surface area contributed by atoms with Gasteiger partial charge in [0.15, 0.2) is 0 Å². The van der Waals surface area contributed by atoms with E-state index in [0.29, 0.717) is 23.6 Å². The predicted octanol–water partition coefficient (Wildman–Crippen LogP) is 4.12. The lowest BCUT2D eigenvalue weighted by Gasteiger charge is -2.17. The second-order valence-corrected chi connectivity index (χ2v) is 4.95. The molecule has 0 aliphatic carbocycles. The molecular formula is C16H17ClFNO. The van der Waals surface area contributed by atoms with Gasteiger partial charge in [-0.1, -0.05) is 35.9 Å². The smallest absolute Gasteiger partial charge is 0.127 e. The van der Waals surface area contributed by atoms with E-state index in [-0.39, 0.29) is 11.9 Å². The summed E-state index contributed by atoms with van der Waals surface area (Å²) in [6, 6.07) is 11.9. The van der Waals surface area contributed by atoms with Crippen LogP contribution in [0.15, 0.2) is 42.5 Å². The maximum Gasteiger partial charge on any atom is 0.127 e. The summed E-state index contributed by atoms with van der Waals surface area (Å²) in [6.07, 6.45) is 0.396. The van der Waals surface area contributed by atoms with Crippen molar-refractivity contribution < 1.29 is 9.13 Å². The average molecular weight is 294 g/mol. The van der Waals surface area contributed by atoms with Crippen LogP contribution < -0.4 is 10.5 Å². The molecule has 106 valence electrons. The van der Waals surface area contributed by atoms with Crippen LogP contribution in [0.3, 0.4) is 0 Å². The summed E-state index contributed by atoms with van der Waals surface area (Å²) in [6.45, 7) is 2.49. The molecule has 0 aliphatic heterocycles. The maximum atomic E-state index is 13.8. The monoisotopic (exact) mass is 293 g/mol. The normalized spacial score (nSPS) is 12.2. The van der Waals surface area contributed by atoms with Crippen molar-refractivity contribution in [2.24, 2.45) is 5.73 Å². The lowest BCUT2D eigenvalue weighted by atomic mass is 9.98. The molecule has 0 spiro atoms. The molecule has 0 aromatic heterocycles. The highest BCUT2D eigenvalue weighted by molar-refractivity contribution is 6.30. The van der Waals surface area contributed by atoms with E-state index in [9.17, 15) is 4.39 Å². The van der Waals surface area contributed by atoms with Crippen LogP contribution in [0.1, 0.15) is 24.1 Å². The zero-order chi connectivity index (χ0) is 14.5. The van der Waals surface area contributed by atoms with Gasteiger partial charge >= 0.3 is 0 Å². The van der Waals surface area contributed by atoms with E-state index in [1.165, 1.54) is 6.07 Å². The van der Waals surface area contributed by atoms with Crippen LogP contribution in [0.4, 0.5) is 4.39 Å². The second-order valence-electron chi connectivity index (χ2n) is 4.52. The van der Waals surface area contributed by atoms with Crippen molar-refractivity contribution >= 4 is 11.6 Å². The van der Waals surface area contributed by atoms with Crippen LogP contribution in [-0.2, 0) is 6.42 Å². The SMILES string of the molecule is CCOc1ccccc1C(N)Cc1ccc(Cl)cc1F. The zero-order valence-corrected chi connectivity index (χ0v) is 12.0. The third-order valence-corrected chi connectivity index (χ3v) is 3.31. The first kappa shape index (κ1) is 14.8. The summed E-state index contributed by atoms with van der Waals surface area (Å²) >= 11 is 5.75. The molecule has 0 bridgehead atoms. The van der Waals surface area contributed by atoms with Gasteiger partial charge in [0.25, 0.3) is 0 Å². The average Bonchev–Trinajstić information content (AvgIpc) is 2.43. The number of halogens is 2. The molecule has 2 aromatic carbocycles. The van der Waals surface area contributed by atoms with Crippen molar-refractivity contribution in [2.45, 2.75) is 19.4 Å². The molecule has 0 saturated heterocycles. The first-order valence-electron chi connectivity index (χ1n) is 6.53. The number of rotatable bonds is 5. The Labute approximate surface area is 123 Å². The quantitative estimate of drug-likeness (QED) is 0.900. The van der Waals surface area contributed by atoms with Crippen molar-refractivity contribution in [3.8, 4) is 5.75 Å². The lowest BCUT2D eigenvalue weighted by molar-refractivity contribution is 0.334. The van der Waals surface area contributed by atoms with Gasteiger partial charge in [0.1, 0.15) is 11.6 Å². The van der Waals surface area contributed by atoms with Gasteiger partial charge < -0.3 is 10.5 Å². The van der Waals surface area contributed by atoms with E-state index in [1.54, 1.807) is 12.1 Å². The third-order valence-electron chi connectivity index (χ3n) is 3.07. The second kappa shape index (κ2) is 6.73. The van der Waals surface area contributed by atoms with Crippen LogP contribution in [0.2, 0.25) is 5.02 Å². The summed E-state index contributed by atoms with van der Waals surface area (Å²) in [5.74, 6) is 0.415. The Balaban J connectivity index is 2.21. The van der Waals surface area contributed by atoms with Crippen molar-refractivity contribution in [3.63, 3.8) is 0 Å². The van der Waals surface area contributed by atoms with Gasteiger partial charge in [-0.2, -0.15) is 0 Å². The number of ether oxygens (including phenoxy) is 1. The number of hydrogen-bond acceptors (Lipinski definition) is 2. The topological polar surface area (TPSA) is 35.2 Å². The van der Waals surface area contributed by atoms with E-state index in [4.69, 9.17) is 22.1 Å². The van der Waals surface area contributed by atoms with Crippen molar-refractivity contribution in [1.29, 1.82) is 0 Å². The molecule has 20 heavy (non-hydrogen) atoms. The van der Waals surface area contributed by atoms with Crippen molar-refractivity contribution in [2.75, 3.05) is 6.61 Å². The minimum absolute atomic E-state index is 0.326. The fourth-order valence-electron chi connectivity index (χ4n) is 2.11. The van der Waals surface area contributed by atoms with Gasteiger partial charge in [0.05, 0.1) is 6.61 Å². The van der Waals surface area contributed by atoms with E-state index in [2.05, 4.69) is 0 Å². The Morgan fingerprint density at radius 1 is 1.25 bits per heavy atom. The van der Waals surface area contributed by atoms with Crippen LogP contribution in [-0.4, -0.2) is 6.61 Å². The minimum atomic E-state index is -0.332. The molecule has 0 aliphatic rings. The van der Waals surface area contributed by atoms with E-state index >= 15 is 0 Å². The van der Waals surface area contributed by atoms with E-state index in [0.717, 1.165) is 11.3 Å². The molecule has 1 atom stereocenters. The zero-order valence-electron chi connectivity index (χ0n) is 11.3. The standard InChI is InChI=1S/C16H17ClFNO/c1-2-20-16-6-4-3-5-13(16)15(19)9-11-7-8-12(17)10-14(11)18/h3-8,10,15H,2,9,19H2,1H3. The summed E-state index contributed by atoms with van der Waals surface area (Å²) < 4.78 is 19.4. The molecule has 2 aromatic rings. The highest BCUT2D eigenvalue weighted by atomic mass is 35.5. The van der Waals surface area contributed by atoms with Crippen molar-refractivity contribution in [3.05, 3.63) is 64.4 Å². The molecule has 0 fully saturated rings. The fraction of sp³-hybridized carbons (Fsp3) is 0.250. The summed E-state index contributed by atoms with van der Waals surface area (Å²) in [5.41, 5.74) is 7.61. The molecular weight excluding hydrogens is 277 g/mol. The van der Waals surface area contributed by atoms with E-state index in [1.807, 2.05) is 31.2 Å². The van der Waals surface area contributed by atoms with Crippen LogP contribution in [0, 0.1) is 5.82 Å². The largest absolute Gasteiger partial charge is 0.494 e.